The van der Waals surface area contributed by atoms with E-state index in [0.29, 0.717) is 0 Å². The van der Waals surface area contributed by atoms with Crippen LogP contribution in [0.4, 0.5) is 4.79 Å². The van der Waals surface area contributed by atoms with E-state index in [1.165, 1.54) is 16.0 Å². The number of carboxylic acid groups (broad SMARTS) is 1. The van der Waals surface area contributed by atoms with Crippen LogP contribution in [-0.4, -0.2) is 53.2 Å². The molecule has 1 aliphatic carbocycles. The Morgan fingerprint density at radius 3 is 2.09 bits per heavy atom. The van der Waals surface area contributed by atoms with Crippen LogP contribution in [0.25, 0.3) is 11.1 Å². The van der Waals surface area contributed by atoms with Crippen molar-refractivity contribution in [3.63, 3.8) is 0 Å². The Morgan fingerprint density at radius 1 is 1.03 bits per heavy atom. The van der Waals surface area contributed by atoms with E-state index in [4.69, 9.17) is 9.84 Å². The van der Waals surface area contributed by atoms with Gasteiger partial charge < -0.3 is 20.1 Å². The van der Waals surface area contributed by atoms with Gasteiger partial charge in [-0.25, -0.2) is 4.79 Å². The molecule has 2 N–H and O–H groups in total. The maximum Gasteiger partial charge on any atom is 0.407 e. The molecule has 0 aromatic heterocycles. The second kappa shape index (κ2) is 10.1. The summed E-state index contributed by atoms with van der Waals surface area (Å²) in [5.41, 5.74) is 4.02. The molecule has 0 spiro atoms. The number of carboxylic acids is 1. The van der Waals surface area contributed by atoms with E-state index >= 15 is 0 Å². The van der Waals surface area contributed by atoms with Crippen LogP contribution >= 0.6 is 0 Å². The number of carbonyl (C=O) groups is 3. The van der Waals surface area contributed by atoms with Gasteiger partial charge in [0.25, 0.3) is 0 Å². The monoisotopic (exact) mass is 452 g/mol. The molecule has 0 bridgehead atoms. The predicted octanol–water partition coefficient (Wildman–Crippen LogP) is 4.26. The van der Waals surface area contributed by atoms with Crippen molar-refractivity contribution < 1.29 is 24.2 Å². The van der Waals surface area contributed by atoms with Crippen molar-refractivity contribution in [2.45, 2.75) is 45.6 Å². The molecule has 0 saturated carbocycles. The number of nitrogens with one attached hydrogen (secondary N) is 1. The van der Waals surface area contributed by atoms with E-state index in [1.807, 2.05) is 31.2 Å². The predicted molar refractivity (Wildman–Crippen MR) is 126 cm³/mol. The lowest BCUT2D eigenvalue weighted by Crippen LogP contribution is -2.49. The molecule has 0 saturated heterocycles. The number of rotatable bonds is 8. The zero-order valence-electron chi connectivity index (χ0n) is 19.6. The van der Waals surface area contributed by atoms with Gasteiger partial charge in [0.1, 0.15) is 13.2 Å². The van der Waals surface area contributed by atoms with Crippen LogP contribution in [0.15, 0.2) is 48.5 Å². The highest BCUT2D eigenvalue weighted by Crippen LogP contribution is 2.44. The first-order chi connectivity index (χ1) is 15.6. The van der Waals surface area contributed by atoms with Crippen LogP contribution in [-0.2, 0) is 14.3 Å². The maximum absolute atomic E-state index is 12.6. The van der Waals surface area contributed by atoms with Gasteiger partial charge in [-0.2, -0.15) is 0 Å². The molecule has 2 aromatic rings. The number of hydrogen-bond acceptors (Lipinski definition) is 4. The zero-order valence-corrected chi connectivity index (χ0v) is 19.6. The quantitative estimate of drug-likeness (QED) is 0.624. The lowest BCUT2D eigenvalue weighted by atomic mass is 9.98. The van der Waals surface area contributed by atoms with Crippen molar-refractivity contribution in [3.05, 3.63) is 59.7 Å². The largest absolute Gasteiger partial charge is 0.480 e. The number of hydrogen-bond donors (Lipinski definition) is 2. The Labute approximate surface area is 194 Å². The van der Waals surface area contributed by atoms with E-state index in [1.54, 1.807) is 20.8 Å². The van der Waals surface area contributed by atoms with E-state index in [0.717, 1.165) is 11.1 Å². The fourth-order valence-electron chi connectivity index (χ4n) is 4.22. The fraction of sp³-hybridized carbons (Fsp3) is 0.423. The van der Waals surface area contributed by atoms with Gasteiger partial charge in [-0.1, -0.05) is 55.5 Å². The van der Waals surface area contributed by atoms with Crippen molar-refractivity contribution >= 4 is 18.0 Å². The Morgan fingerprint density at radius 2 is 1.58 bits per heavy atom. The molecule has 7 nitrogen and oxygen atoms in total. The van der Waals surface area contributed by atoms with Crippen LogP contribution in [0.3, 0.4) is 0 Å². The van der Waals surface area contributed by atoms with Crippen molar-refractivity contribution in [2.24, 2.45) is 5.92 Å². The molecule has 1 atom stereocenters. The summed E-state index contributed by atoms with van der Waals surface area (Å²) < 4.78 is 5.53. The minimum absolute atomic E-state index is 0.0153. The lowest BCUT2D eigenvalue weighted by Gasteiger charge is -2.35. The van der Waals surface area contributed by atoms with Gasteiger partial charge in [-0.05, 0) is 48.9 Å². The highest BCUT2D eigenvalue weighted by atomic mass is 16.5. The smallest absolute Gasteiger partial charge is 0.407 e. The third kappa shape index (κ3) is 5.92. The van der Waals surface area contributed by atoms with Crippen LogP contribution < -0.4 is 5.32 Å². The number of alkyl carbamates (subject to hydrolysis) is 1. The van der Waals surface area contributed by atoms with Crippen molar-refractivity contribution in [1.29, 1.82) is 0 Å². The van der Waals surface area contributed by atoms with Gasteiger partial charge in [0.2, 0.25) is 5.91 Å². The molecule has 3 rings (SSSR count). The van der Waals surface area contributed by atoms with Gasteiger partial charge in [0, 0.05) is 24.4 Å². The van der Waals surface area contributed by atoms with Crippen molar-refractivity contribution in [1.82, 2.24) is 10.2 Å². The number of amides is 2. The molecule has 0 fully saturated rings. The average molecular weight is 453 g/mol. The number of benzene rings is 2. The Balaban J connectivity index is 1.52. The first-order valence-corrected chi connectivity index (χ1v) is 11.2. The van der Waals surface area contributed by atoms with Crippen LogP contribution in [0, 0.1) is 5.92 Å². The van der Waals surface area contributed by atoms with E-state index < -0.39 is 17.6 Å². The molecular formula is C26H32N2O5. The molecule has 176 valence electrons. The third-order valence-electron chi connectivity index (χ3n) is 5.87. The summed E-state index contributed by atoms with van der Waals surface area (Å²) in [5, 5.41) is 11.8. The van der Waals surface area contributed by atoms with Gasteiger partial charge >= 0.3 is 12.1 Å². The number of fused-ring (bicyclic) bond motifs is 3. The topological polar surface area (TPSA) is 95.9 Å². The molecule has 1 unspecified atom stereocenters. The first-order valence-electron chi connectivity index (χ1n) is 11.2. The minimum atomic E-state index is -1.05. The van der Waals surface area contributed by atoms with Gasteiger partial charge in [0.05, 0.1) is 0 Å². The Kier molecular flexibility index (Phi) is 7.41. The molecule has 7 heteroatoms. The molecule has 0 radical (unpaired) electrons. The van der Waals surface area contributed by atoms with Crippen LogP contribution in [0.2, 0.25) is 0 Å². The summed E-state index contributed by atoms with van der Waals surface area (Å²) in [4.78, 5) is 37.5. The first kappa shape index (κ1) is 24.3. The van der Waals surface area contributed by atoms with E-state index in [9.17, 15) is 14.4 Å². The van der Waals surface area contributed by atoms with Gasteiger partial charge in [-0.3, -0.25) is 9.59 Å². The molecule has 1 aliphatic rings. The normalized spacial score (nSPS) is 13.6. The second-order valence-electron chi connectivity index (χ2n) is 9.56. The van der Waals surface area contributed by atoms with E-state index in [2.05, 4.69) is 29.6 Å². The molecular weight excluding hydrogens is 420 g/mol. The summed E-state index contributed by atoms with van der Waals surface area (Å²) in [5.74, 6) is -1.50. The fourth-order valence-corrected chi connectivity index (χ4v) is 4.22. The highest BCUT2D eigenvalue weighted by Gasteiger charge is 2.30. The maximum atomic E-state index is 12.6. The molecule has 2 aromatic carbocycles. The number of aliphatic carboxylic acids is 1. The summed E-state index contributed by atoms with van der Waals surface area (Å²) in [6.07, 6.45) is -0.400. The summed E-state index contributed by atoms with van der Waals surface area (Å²) >= 11 is 0. The van der Waals surface area contributed by atoms with Gasteiger partial charge in [0.15, 0.2) is 0 Å². The van der Waals surface area contributed by atoms with Gasteiger partial charge in [-0.15, -0.1) is 0 Å². The minimum Gasteiger partial charge on any atom is -0.480 e. The lowest BCUT2D eigenvalue weighted by molar-refractivity contribution is -0.148. The van der Waals surface area contributed by atoms with E-state index in [-0.39, 0.29) is 43.9 Å². The SMILES string of the molecule is CC(CNC(=O)OCC1c2ccccc2-c2ccccc21)CC(=O)N(CC(=O)O)C(C)(C)C. The van der Waals surface area contributed by atoms with Crippen LogP contribution in [0.5, 0.6) is 0 Å². The zero-order chi connectivity index (χ0) is 24.2. The number of carbonyl (C=O) groups excluding carboxylic acids is 2. The highest BCUT2D eigenvalue weighted by molar-refractivity contribution is 5.82. The average Bonchev–Trinajstić information content (AvgIpc) is 3.07. The second-order valence-corrected chi connectivity index (χ2v) is 9.56. The molecule has 0 aliphatic heterocycles. The summed E-state index contributed by atoms with van der Waals surface area (Å²) in [6, 6.07) is 16.3. The Hall–Kier alpha value is -3.35. The van der Waals surface area contributed by atoms with Crippen molar-refractivity contribution in [3.8, 4) is 11.1 Å². The Bertz CT molecular complexity index is 982. The number of ether oxygens (including phenoxy) is 1. The summed E-state index contributed by atoms with van der Waals surface area (Å²) in [6.45, 7) is 7.36. The molecule has 33 heavy (non-hydrogen) atoms. The summed E-state index contributed by atoms with van der Waals surface area (Å²) in [7, 11) is 0. The van der Waals surface area contributed by atoms with Crippen LogP contribution in [0.1, 0.15) is 51.2 Å². The third-order valence-corrected chi connectivity index (χ3v) is 5.87. The standard InChI is InChI=1S/C26H32N2O5/c1-17(13-23(29)28(15-24(30)31)26(2,3)4)14-27-25(32)33-16-22-20-11-7-5-9-18(20)19-10-6-8-12-21(19)22/h5-12,17,22H,13-16H2,1-4H3,(H,27,32)(H,30,31). The molecule has 2 amide bonds. The van der Waals surface area contributed by atoms with Crippen molar-refractivity contribution in [2.75, 3.05) is 19.7 Å². The number of nitrogens with zero attached hydrogens (tertiary/aromatic N) is 1. The molecule has 0 heterocycles.